The lowest BCUT2D eigenvalue weighted by atomic mass is 10.2. The third kappa shape index (κ3) is 5.86. The van der Waals surface area contributed by atoms with Crippen molar-refractivity contribution in [1.29, 1.82) is 0 Å². The number of nitrogens with one attached hydrogen (secondary N) is 1. The molecule has 0 atom stereocenters. The summed E-state index contributed by atoms with van der Waals surface area (Å²) in [5.74, 6) is 0.323. The van der Waals surface area contributed by atoms with E-state index in [1.165, 1.54) is 0 Å². The fourth-order valence-corrected chi connectivity index (χ4v) is 2.92. The molecule has 3 aromatic rings. The van der Waals surface area contributed by atoms with Gasteiger partial charge >= 0.3 is 0 Å². The van der Waals surface area contributed by atoms with Gasteiger partial charge in [0.05, 0.1) is 6.54 Å². The molecule has 3 rings (SSSR count). The van der Waals surface area contributed by atoms with Crippen molar-refractivity contribution in [3.63, 3.8) is 0 Å². The Bertz CT molecular complexity index is 929. The number of hydrogen-bond donors (Lipinski definition) is 1. The summed E-state index contributed by atoms with van der Waals surface area (Å²) >= 11 is 0. The molecule has 1 N–H and O–H groups in total. The third-order valence-corrected chi connectivity index (χ3v) is 4.41. The van der Waals surface area contributed by atoms with Gasteiger partial charge in [-0.05, 0) is 44.8 Å². The second kappa shape index (κ2) is 9.80. The van der Waals surface area contributed by atoms with Crippen LogP contribution in [0.5, 0.6) is 0 Å². The molecule has 29 heavy (non-hydrogen) atoms. The second-order valence-corrected chi connectivity index (χ2v) is 7.16. The van der Waals surface area contributed by atoms with E-state index in [9.17, 15) is 4.79 Å². The summed E-state index contributed by atoms with van der Waals surface area (Å²) < 4.78 is 0. The van der Waals surface area contributed by atoms with Gasteiger partial charge in [-0.3, -0.25) is 4.79 Å². The SMILES string of the molecule is Cc1cc(C(=O)NCCN(C)C)nc(N(Cc2ccccc2)c2ccccc2)n1. The van der Waals surface area contributed by atoms with Gasteiger partial charge in [-0.2, -0.15) is 0 Å². The minimum Gasteiger partial charge on any atom is -0.349 e. The Morgan fingerprint density at radius 3 is 2.28 bits per heavy atom. The van der Waals surface area contributed by atoms with Gasteiger partial charge in [0.25, 0.3) is 5.91 Å². The molecule has 0 bridgehead atoms. The predicted molar refractivity (Wildman–Crippen MR) is 116 cm³/mol. The number of para-hydroxylation sites is 1. The van der Waals surface area contributed by atoms with Crippen LogP contribution < -0.4 is 10.2 Å². The van der Waals surface area contributed by atoms with Crippen LogP contribution in [0.3, 0.4) is 0 Å². The highest BCUT2D eigenvalue weighted by Gasteiger charge is 2.17. The molecule has 2 aromatic carbocycles. The molecule has 1 amide bonds. The van der Waals surface area contributed by atoms with Crippen molar-refractivity contribution < 1.29 is 4.79 Å². The molecule has 0 saturated heterocycles. The Hall–Kier alpha value is -3.25. The first kappa shape index (κ1) is 20.5. The Kier molecular flexibility index (Phi) is 6.92. The number of amides is 1. The van der Waals surface area contributed by atoms with Gasteiger partial charge in [-0.25, -0.2) is 9.97 Å². The molecule has 6 nitrogen and oxygen atoms in total. The highest BCUT2D eigenvalue weighted by Crippen LogP contribution is 2.25. The number of nitrogens with zero attached hydrogens (tertiary/aromatic N) is 4. The van der Waals surface area contributed by atoms with E-state index in [1.54, 1.807) is 6.07 Å². The number of hydrogen-bond acceptors (Lipinski definition) is 5. The number of carbonyl (C=O) groups is 1. The van der Waals surface area contributed by atoms with E-state index in [4.69, 9.17) is 0 Å². The fraction of sp³-hybridized carbons (Fsp3) is 0.261. The summed E-state index contributed by atoms with van der Waals surface area (Å²) in [5, 5.41) is 2.92. The van der Waals surface area contributed by atoms with Gasteiger partial charge in [0.1, 0.15) is 5.69 Å². The molecule has 0 saturated carbocycles. The molecule has 0 aliphatic carbocycles. The van der Waals surface area contributed by atoms with Crippen molar-refractivity contribution >= 4 is 17.5 Å². The number of aromatic nitrogens is 2. The van der Waals surface area contributed by atoms with E-state index in [1.807, 2.05) is 79.3 Å². The maximum Gasteiger partial charge on any atom is 0.270 e. The van der Waals surface area contributed by atoms with Crippen LogP contribution in [-0.4, -0.2) is 48.0 Å². The monoisotopic (exact) mass is 389 g/mol. The molecule has 0 unspecified atom stereocenters. The number of anilines is 2. The van der Waals surface area contributed by atoms with Crippen molar-refractivity contribution in [3.05, 3.63) is 83.7 Å². The topological polar surface area (TPSA) is 61.4 Å². The van der Waals surface area contributed by atoms with Crippen LogP contribution in [0.4, 0.5) is 11.6 Å². The predicted octanol–water partition coefficient (Wildman–Crippen LogP) is 3.41. The van der Waals surface area contributed by atoms with Crippen LogP contribution in [0.1, 0.15) is 21.7 Å². The summed E-state index contributed by atoms with van der Waals surface area (Å²) in [6, 6.07) is 21.9. The highest BCUT2D eigenvalue weighted by molar-refractivity contribution is 5.92. The van der Waals surface area contributed by atoms with E-state index >= 15 is 0 Å². The lowest BCUT2D eigenvalue weighted by Gasteiger charge is -2.23. The maximum absolute atomic E-state index is 12.6. The minimum atomic E-state index is -0.189. The first-order valence-corrected chi connectivity index (χ1v) is 9.68. The van der Waals surface area contributed by atoms with E-state index in [0.717, 1.165) is 23.5 Å². The third-order valence-electron chi connectivity index (χ3n) is 4.41. The standard InChI is InChI=1S/C23H27N5O/c1-18-16-21(22(29)24-14-15-27(2)3)26-23(25-18)28(20-12-8-5-9-13-20)17-19-10-6-4-7-11-19/h4-13,16H,14-15,17H2,1-3H3,(H,24,29). The molecule has 0 fully saturated rings. The number of aryl methyl sites for hydroxylation is 1. The highest BCUT2D eigenvalue weighted by atomic mass is 16.1. The summed E-state index contributed by atoms with van der Waals surface area (Å²) in [6.07, 6.45) is 0. The van der Waals surface area contributed by atoms with Crippen LogP contribution in [0.2, 0.25) is 0 Å². The summed E-state index contributed by atoms with van der Waals surface area (Å²) in [7, 11) is 3.95. The second-order valence-electron chi connectivity index (χ2n) is 7.16. The van der Waals surface area contributed by atoms with Gasteiger partial charge in [-0.15, -0.1) is 0 Å². The smallest absolute Gasteiger partial charge is 0.270 e. The minimum absolute atomic E-state index is 0.189. The van der Waals surface area contributed by atoms with Gasteiger partial charge in [-0.1, -0.05) is 48.5 Å². The molecule has 150 valence electrons. The Labute approximate surface area is 172 Å². The largest absolute Gasteiger partial charge is 0.349 e. The summed E-state index contributed by atoms with van der Waals surface area (Å²) in [5.41, 5.74) is 3.24. The normalized spacial score (nSPS) is 10.8. The zero-order valence-corrected chi connectivity index (χ0v) is 17.2. The van der Waals surface area contributed by atoms with Crippen molar-refractivity contribution in [2.24, 2.45) is 0 Å². The van der Waals surface area contributed by atoms with E-state index in [0.29, 0.717) is 24.7 Å². The van der Waals surface area contributed by atoms with Gasteiger partial charge in [0.2, 0.25) is 5.95 Å². The van der Waals surface area contributed by atoms with E-state index in [-0.39, 0.29) is 5.91 Å². The molecule has 0 spiro atoms. The number of rotatable bonds is 8. The molecule has 6 heteroatoms. The molecular formula is C23H27N5O. The van der Waals surface area contributed by atoms with Gasteiger partial charge < -0.3 is 15.1 Å². The molecule has 1 heterocycles. The average Bonchev–Trinajstić information content (AvgIpc) is 2.72. The molecule has 0 radical (unpaired) electrons. The van der Waals surface area contributed by atoms with Crippen LogP contribution >= 0.6 is 0 Å². The van der Waals surface area contributed by atoms with Crippen molar-refractivity contribution in [2.45, 2.75) is 13.5 Å². The van der Waals surface area contributed by atoms with E-state index < -0.39 is 0 Å². The van der Waals surface area contributed by atoms with Gasteiger partial charge in [0.15, 0.2) is 0 Å². The van der Waals surface area contributed by atoms with Crippen LogP contribution in [0, 0.1) is 6.92 Å². The molecule has 0 aliphatic heterocycles. The fourth-order valence-electron chi connectivity index (χ4n) is 2.92. The quantitative estimate of drug-likeness (QED) is 0.640. The Morgan fingerprint density at radius 1 is 0.966 bits per heavy atom. The summed E-state index contributed by atoms with van der Waals surface area (Å²) in [6.45, 7) is 3.83. The Morgan fingerprint density at radius 2 is 1.62 bits per heavy atom. The first-order chi connectivity index (χ1) is 14.0. The lowest BCUT2D eigenvalue weighted by Crippen LogP contribution is -2.32. The Balaban J connectivity index is 1.91. The van der Waals surface area contributed by atoms with Gasteiger partial charge in [0, 0.05) is 24.5 Å². The number of likely N-dealkylation sites (N-methyl/N-ethyl adjacent to an activating group) is 1. The van der Waals surface area contributed by atoms with Crippen LogP contribution in [0.15, 0.2) is 66.7 Å². The zero-order chi connectivity index (χ0) is 20.6. The van der Waals surface area contributed by atoms with Crippen molar-refractivity contribution in [1.82, 2.24) is 20.2 Å². The molecular weight excluding hydrogens is 362 g/mol. The van der Waals surface area contributed by atoms with Crippen LogP contribution in [0.25, 0.3) is 0 Å². The summed E-state index contributed by atoms with van der Waals surface area (Å²) in [4.78, 5) is 25.9. The first-order valence-electron chi connectivity index (χ1n) is 9.68. The number of benzene rings is 2. The lowest BCUT2D eigenvalue weighted by molar-refractivity contribution is 0.0946. The van der Waals surface area contributed by atoms with Crippen LogP contribution in [-0.2, 0) is 6.54 Å². The average molecular weight is 390 g/mol. The number of carbonyl (C=O) groups excluding carboxylic acids is 1. The molecule has 0 aliphatic rings. The van der Waals surface area contributed by atoms with Crippen molar-refractivity contribution in [2.75, 3.05) is 32.1 Å². The maximum atomic E-state index is 12.6. The van der Waals surface area contributed by atoms with Crippen molar-refractivity contribution in [3.8, 4) is 0 Å². The zero-order valence-electron chi connectivity index (χ0n) is 17.2. The van der Waals surface area contributed by atoms with E-state index in [2.05, 4.69) is 27.4 Å². The molecule has 1 aromatic heterocycles.